The molecule has 0 aromatic heterocycles. The fourth-order valence-electron chi connectivity index (χ4n) is 5.15. The van der Waals surface area contributed by atoms with Gasteiger partial charge >= 0.3 is 0 Å². The number of ether oxygens (including phenoxy) is 1. The first-order valence-electron chi connectivity index (χ1n) is 14.6. The molecule has 1 aliphatic heterocycles. The molecule has 41 heavy (non-hydrogen) atoms. The van der Waals surface area contributed by atoms with E-state index in [2.05, 4.69) is 16.0 Å². The van der Waals surface area contributed by atoms with Crippen molar-refractivity contribution in [1.29, 1.82) is 0 Å². The number of nitrogens with zero attached hydrogens (tertiary/aromatic N) is 1. The number of hydrogen-bond donors (Lipinski definition) is 4. The minimum absolute atomic E-state index is 0. The molecule has 4 N–H and O–H groups in total. The monoisotopic (exact) mass is 590 g/mol. The van der Waals surface area contributed by atoms with Gasteiger partial charge in [-0.05, 0) is 55.5 Å². The predicted octanol–water partition coefficient (Wildman–Crippen LogP) is 2.82. The zero-order valence-corrected chi connectivity index (χ0v) is 25.5. The van der Waals surface area contributed by atoms with Gasteiger partial charge in [-0.2, -0.15) is 0 Å². The Morgan fingerprint density at radius 2 is 1.78 bits per heavy atom. The van der Waals surface area contributed by atoms with Gasteiger partial charge in [-0.25, -0.2) is 0 Å². The number of fused-ring (bicyclic) bond motifs is 1. The van der Waals surface area contributed by atoms with Crippen LogP contribution in [0, 0.1) is 5.92 Å². The third kappa shape index (κ3) is 9.75. The third-order valence-corrected chi connectivity index (χ3v) is 7.75. The molecule has 9 nitrogen and oxygen atoms in total. The van der Waals surface area contributed by atoms with E-state index in [1.165, 1.54) is 4.90 Å². The van der Waals surface area contributed by atoms with E-state index in [0.29, 0.717) is 32.4 Å². The van der Waals surface area contributed by atoms with E-state index in [1.807, 2.05) is 63.2 Å². The first-order valence-corrected chi connectivity index (χ1v) is 14.6. The van der Waals surface area contributed by atoms with Gasteiger partial charge in [0.05, 0.1) is 18.2 Å². The maximum absolute atomic E-state index is 13.9. The van der Waals surface area contributed by atoms with Crippen LogP contribution in [0.2, 0.25) is 0 Å². The fraction of sp³-hybridized carbons (Fsp3) is 0.581. The molecule has 1 heterocycles. The number of carbonyl (C=O) groups excluding carboxylic acids is 3. The van der Waals surface area contributed by atoms with Crippen molar-refractivity contribution in [2.75, 3.05) is 33.3 Å². The number of aliphatic hydroxyl groups excluding tert-OH is 1. The Bertz CT molecular complexity index is 1110. The minimum atomic E-state index is -1.04. The largest absolute Gasteiger partial charge is 0.390 e. The van der Waals surface area contributed by atoms with Crippen LogP contribution in [0.1, 0.15) is 52.0 Å². The second-order valence-corrected chi connectivity index (χ2v) is 10.7. The second-order valence-electron chi connectivity index (χ2n) is 10.7. The number of rotatable bonds is 15. The van der Waals surface area contributed by atoms with Crippen molar-refractivity contribution in [1.82, 2.24) is 20.9 Å². The lowest BCUT2D eigenvalue weighted by Crippen LogP contribution is -2.59. The number of carbonyl (C=O) groups is 3. The summed E-state index contributed by atoms with van der Waals surface area (Å²) in [5, 5.41) is 21.7. The molecule has 2 aromatic carbocycles. The molecule has 3 rings (SSSR count). The lowest BCUT2D eigenvalue weighted by Gasteiger charge is -2.34. The SMILES string of the molecule is CCC(CC)C(=O)N(C(=O)C1CCCN1)[C@@H](Cc1ccc2ccccc2c1)C(=O)NCC(O)CNCC(C)OC.Cl. The average Bonchev–Trinajstić information content (AvgIpc) is 3.51. The molecule has 3 unspecified atom stereocenters. The van der Waals surface area contributed by atoms with Crippen molar-refractivity contribution < 1.29 is 24.2 Å². The molecule has 0 spiro atoms. The van der Waals surface area contributed by atoms with Gasteiger partial charge < -0.3 is 25.8 Å². The Morgan fingerprint density at radius 3 is 2.41 bits per heavy atom. The maximum atomic E-state index is 13.9. The summed E-state index contributed by atoms with van der Waals surface area (Å²) in [5.41, 5.74) is 0.851. The third-order valence-electron chi connectivity index (χ3n) is 7.75. The number of aliphatic hydroxyl groups is 1. The molecule has 3 amide bonds. The number of methoxy groups -OCH3 is 1. The molecular weight excluding hydrogens is 544 g/mol. The van der Waals surface area contributed by atoms with E-state index >= 15 is 0 Å². The summed E-state index contributed by atoms with van der Waals surface area (Å²) in [7, 11) is 1.62. The first-order chi connectivity index (χ1) is 19.3. The topological polar surface area (TPSA) is 120 Å². The van der Waals surface area contributed by atoms with Gasteiger partial charge in [0.15, 0.2) is 0 Å². The van der Waals surface area contributed by atoms with E-state index < -0.39 is 24.1 Å². The summed E-state index contributed by atoms with van der Waals surface area (Å²) in [6, 6.07) is 12.3. The normalized spacial score (nSPS) is 17.1. The van der Waals surface area contributed by atoms with Crippen molar-refractivity contribution in [3.05, 3.63) is 48.0 Å². The number of benzene rings is 2. The van der Waals surface area contributed by atoms with Crippen LogP contribution >= 0.6 is 12.4 Å². The van der Waals surface area contributed by atoms with Crippen LogP contribution in [0.5, 0.6) is 0 Å². The molecule has 228 valence electrons. The van der Waals surface area contributed by atoms with Crippen LogP contribution in [-0.2, 0) is 25.5 Å². The van der Waals surface area contributed by atoms with Crippen LogP contribution in [-0.4, -0.2) is 85.3 Å². The average molecular weight is 591 g/mol. The van der Waals surface area contributed by atoms with Gasteiger partial charge in [-0.1, -0.05) is 56.3 Å². The van der Waals surface area contributed by atoms with E-state index in [4.69, 9.17) is 4.74 Å². The summed E-state index contributed by atoms with van der Waals surface area (Å²) < 4.78 is 5.21. The summed E-state index contributed by atoms with van der Waals surface area (Å²) in [6.45, 7) is 7.29. The van der Waals surface area contributed by atoms with Gasteiger partial charge in [0.25, 0.3) is 0 Å². The van der Waals surface area contributed by atoms with E-state index in [-0.39, 0.29) is 55.8 Å². The van der Waals surface area contributed by atoms with E-state index in [9.17, 15) is 19.5 Å². The molecule has 0 saturated carbocycles. The molecule has 0 aliphatic carbocycles. The lowest BCUT2D eigenvalue weighted by atomic mass is 9.96. The molecule has 10 heteroatoms. The molecule has 0 radical (unpaired) electrons. The molecule has 1 aliphatic rings. The number of halogens is 1. The van der Waals surface area contributed by atoms with Gasteiger partial charge in [-0.15, -0.1) is 12.4 Å². The Labute approximate surface area is 250 Å². The Hall–Kier alpha value is -2.56. The molecule has 1 fully saturated rings. The molecule has 2 aromatic rings. The number of imide groups is 1. The Kier molecular flexibility index (Phi) is 14.7. The van der Waals surface area contributed by atoms with Gasteiger partial charge in [0, 0.05) is 39.1 Å². The zero-order chi connectivity index (χ0) is 29.1. The van der Waals surface area contributed by atoms with Crippen LogP contribution in [0.25, 0.3) is 10.8 Å². The maximum Gasteiger partial charge on any atom is 0.247 e. The van der Waals surface area contributed by atoms with Crippen LogP contribution in [0.15, 0.2) is 42.5 Å². The fourth-order valence-corrected chi connectivity index (χ4v) is 5.15. The van der Waals surface area contributed by atoms with Gasteiger partial charge in [0.2, 0.25) is 17.7 Å². The number of hydrogen-bond acceptors (Lipinski definition) is 7. The van der Waals surface area contributed by atoms with Crippen molar-refractivity contribution in [2.45, 2.75) is 77.2 Å². The van der Waals surface area contributed by atoms with Crippen molar-refractivity contribution in [2.24, 2.45) is 5.92 Å². The lowest BCUT2D eigenvalue weighted by molar-refractivity contribution is -0.155. The smallest absolute Gasteiger partial charge is 0.247 e. The van der Waals surface area contributed by atoms with Crippen LogP contribution in [0.4, 0.5) is 0 Å². The van der Waals surface area contributed by atoms with Gasteiger partial charge in [0.1, 0.15) is 6.04 Å². The van der Waals surface area contributed by atoms with Crippen molar-refractivity contribution in [3.63, 3.8) is 0 Å². The number of amides is 3. The highest BCUT2D eigenvalue weighted by Crippen LogP contribution is 2.23. The predicted molar refractivity (Wildman–Crippen MR) is 164 cm³/mol. The zero-order valence-electron chi connectivity index (χ0n) is 24.7. The van der Waals surface area contributed by atoms with Crippen molar-refractivity contribution >= 4 is 40.9 Å². The van der Waals surface area contributed by atoms with E-state index in [1.54, 1.807) is 7.11 Å². The summed E-state index contributed by atoms with van der Waals surface area (Å²) in [5.74, 6) is -1.50. The van der Waals surface area contributed by atoms with Crippen LogP contribution < -0.4 is 16.0 Å². The quantitative estimate of drug-likeness (QED) is 0.252. The minimum Gasteiger partial charge on any atom is -0.390 e. The summed E-state index contributed by atoms with van der Waals surface area (Å²) >= 11 is 0. The Balaban J connectivity index is 0.00000588. The molecule has 4 atom stereocenters. The molecule has 1 saturated heterocycles. The molecular formula is C31H47ClN4O5. The van der Waals surface area contributed by atoms with Gasteiger partial charge in [-0.3, -0.25) is 19.3 Å². The summed E-state index contributed by atoms with van der Waals surface area (Å²) in [4.78, 5) is 42.7. The highest BCUT2D eigenvalue weighted by atomic mass is 35.5. The highest BCUT2D eigenvalue weighted by molar-refractivity contribution is 6.03. The number of nitrogens with one attached hydrogen (secondary N) is 3. The van der Waals surface area contributed by atoms with E-state index in [0.717, 1.165) is 22.8 Å². The highest BCUT2D eigenvalue weighted by Gasteiger charge is 2.40. The Morgan fingerprint density at radius 1 is 1.07 bits per heavy atom. The van der Waals surface area contributed by atoms with Crippen LogP contribution in [0.3, 0.4) is 0 Å². The second kappa shape index (κ2) is 17.4. The first kappa shape index (κ1) is 34.6. The molecule has 0 bridgehead atoms. The summed E-state index contributed by atoms with van der Waals surface area (Å²) in [6.07, 6.45) is 1.95. The standard InChI is InChI=1S/C31H46N4O5.ClH/c1-5-23(6-2)30(38)35(31(39)27-12-9-15-33-27)28(17-22-13-14-24-10-7-8-11-25(24)16-22)29(37)34-20-26(36)19-32-18-21(3)40-4;/h7-8,10-11,13-14,16,21,23,26-28,32-33,36H,5-6,9,12,15,17-20H2,1-4H3,(H,34,37);1H/t21?,26?,27?,28-;/m0./s1. The van der Waals surface area contributed by atoms with Crippen molar-refractivity contribution in [3.8, 4) is 0 Å².